The van der Waals surface area contributed by atoms with Gasteiger partial charge in [0.2, 0.25) is 0 Å². The fourth-order valence-electron chi connectivity index (χ4n) is 0.768. The monoisotopic (exact) mass is 220 g/mol. The van der Waals surface area contributed by atoms with E-state index in [4.69, 9.17) is 9.84 Å². The highest BCUT2D eigenvalue weighted by Crippen LogP contribution is 2.25. The van der Waals surface area contributed by atoms with E-state index in [1.54, 1.807) is 0 Å². The predicted molar refractivity (Wildman–Crippen MR) is 61.5 cm³/mol. The second-order valence-electron chi connectivity index (χ2n) is 2.05. The molecule has 0 bridgehead atoms. The van der Waals surface area contributed by atoms with Gasteiger partial charge in [0, 0.05) is 5.56 Å². The Morgan fingerprint density at radius 1 is 1.46 bits per heavy atom. The van der Waals surface area contributed by atoms with E-state index in [9.17, 15) is 4.79 Å². The molecule has 0 heterocycles. The first-order valence-electron chi connectivity index (χ1n) is 3.10. The third kappa shape index (κ3) is 3.66. The quantitative estimate of drug-likeness (QED) is 0.605. The summed E-state index contributed by atoms with van der Waals surface area (Å²) in [7, 11) is 1.43. The van der Waals surface area contributed by atoms with Gasteiger partial charge in [-0.15, -0.1) is 0 Å². The van der Waals surface area contributed by atoms with Crippen LogP contribution < -0.4 is 4.74 Å². The molecule has 74 valence electrons. The van der Waals surface area contributed by atoms with Gasteiger partial charge in [0.15, 0.2) is 11.5 Å². The van der Waals surface area contributed by atoms with Gasteiger partial charge in [-0.2, -0.15) is 23.4 Å². The third-order valence-corrected chi connectivity index (χ3v) is 1.34. The summed E-state index contributed by atoms with van der Waals surface area (Å²) in [6, 6.07) is 4.41. The predicted octanol–water partition coefficient (Wildman–Crippen LogP) is 1.38. The Labute approximate surface area is 87.2 Å². The van der Waals surface area contributed by atoms with Crippen molar-refractivity contribution in [2.45, 2.75) is 0 Å². The largest absolute Gasteiger partial charge is 0.504 e. The molecule has 1 atom stereocenters. The summed E-state index contributed by atoms with van der Waals surface area (Å²) in [5.41, 5.74) is 0.486. The van der Waals surface area contributed by atoms with Crippen LogP contribution in [0.15, 0.2) is 18.2 Å². The summed E-state index contributed by atoms with van der Waals surface area (Å²) in [5, 5.41) is 9.09. The molecule has 0 saturated heterocycles. The highest BCUT2D eigenvalue weighted by Gasteiger charge is 2.00. The molecule has 0 aliphatic heterocycles. The molecule has 1 N–H and O–H groups in total. The van der Waals surface area contributed by atoms with E-state index in [1.165, 1.54) is 25.3 Å². The van der Waals surface area contributed by atoms with Crippen LogP contribution in [0.3, 0.4) is 0 Å². The molecule has 0 amide bonds. The van der Waals surface area contributed by atoms with Gasteiger partial charge in [0.05, 0.1) is 7.11 Å². The van der Waals surface area contributed by atoms with E-state index in [0.717, 1.165) is 0 Å². The summed E-state index contributed by atoms with van der Waals surface area (Å²) < 4.78 is 4.78. The van der Waals surface area contributed by atoms with Crippen molar-refractivity contribution < 1.29 is 14.6 Å². The molecule has 1 aromatic carbocycles. The Bertz CT molecular complexity index is 278. The first-order valence-corrected chi connectivity index (χ1v) is 3.10. The molecular weight excluding hydrogens is 207 g/mol. The van der Waals surface area contributed by atoms with E-state index in [0.29, 0.717) is 17.6 Å². The third-order valence-electron chi connectivity index (χ3n) is 1.34. The standard InChI is InChI=1S/C8H8O3.H3P.H2S/c1-11-8-4-6(5-9)2-3-7(8)10;;/h2-5,10H,1H3;1H3;1H2. The molecule has 1 unspecified atom stereocenters. The normalized spacial score (nSPS) is 7.77. The lowest BCUT2D eigenvalue weighted by Gasteiger charge is -2.01. The van der Waals surface area contributed by atoms with Crippen LogP contribution in [0, 0.1) is 0 Å². The minimum Gasteiger partial charge on any atom is -0.504 e. The van der Waals surface area contributed by atoms with Gasteiger partial charge in [0.25, 0.3) is 0 Å². The van der Waals surface area contributed by atoms with Crippen LogP contribution in [0.4, 0.5) is 0 Å². The fourth-order valence-corrected chi connectivity index (χ4v) is 0.768. The van der Waals surface area contributed by atoms with Crippen molar-refractivity contribution in [1.29, 1.82) is 0 Å². The Balaban J connectivity index is 0. The second-order valence-corrected chi connectivity index (χ2v) is 2.05. The number of ether oxygens (including phenoxy) is 1. The number of hydrogen-bond donors (Lipinski definition) is 1. The molecular formula is C8H13O3PS. The molecule has 3 nitrogen and oxygen atoms in total. The number of rotatable bonds is 2. The molecule has 1 rings (SSSR count). The Morgan fingerprint density at radius 3 is 2.54 bits per heavy atom. The van der Waals surface area contributed by atoms with E-state index >= 15 is 0 Å². The molecule has 13 heavy (non-hydrogen) atoms. The maximum Gasteiger partial charge on any atom is 0.161 e. The van der Waals surface area contributed by atoms with Crippen molar-refractivity contribution in [2.75, 3.05) is 7.11 Å². The lowest BCUT2D eigenvalue weighted by atomic mass is 10.2. The number of hydrogen-bond acceptors (Lipinski definition) is 3. The number of methoxy groups -OCH3 is 1. The summed E-state index contributed by atoms with van der Waals surface area (Å²) in [6.07, 6.45) is 0.696. The molecule has 0 aliphatic rings. The zero-order valence-electron chi connectivity index (χ0n) is 7.28. The maximum absolute atomic E-state index is 10.2. The molecule has 0 aliphatic carbocycles. The topological polar surface area (TPSA) is 46.5 Å². The van der Waals surface area contributed by atoms with Crippen LogP contribution in [-0.2, 0) is 0 Å². The van der Waals surface area contributed by atoms with E-state index in [2.05, 4.69) is 0 Å². The number of aromatic hydroxyl groups is 1. The average Bonchev–Trinajstić information content (AvgIpc) is 2.05. The number of phenols is 1. The van der Waals surface area contributed by atoms with Crippen molar-refractivity contribution >= 4 is 29.7 Å². The minimum absolute atomic E-state index is 0. The van der Waals surface area contributed by atoms with Crippen LogP contribution >= 0.6 is 23.4 Å². The Kier molecular flexibility index (Phi) is 7.67. The van der Waals surface area contributed by atoms with Crippen molar-refractivity contribution in [3.63, 3.8) is 0 Å². The lowest BCUT2D eigenvalue weighted by molar-refractivity contribution is 0.112. The van der Waals surface area contributed by atoms with Crippen molar-refractivity contribution in [3.8, 4) is 11.5 Å². The van der Waals surface area contributed by atoms with Gasteiger partial charge in [-0.25, -0.2) is 0 Å². The number of carbonyl (C=O) groups excluding carboxylic acids is 1. The zero-order chi connectivity index (χ0) is 8.27. The van der Waals surface area contributed by atoms with Crippen LogP contribution in [-0.4, -0.2) is 18.5 Å². The number of aldehydes is 1. The van der Waals surface area contributed by atoms with Gasteiger partial charge in [-0.3, -0.25) is 4.79 Å². The molecule has 0 aromatic heterocycles. The smallest absolute Gasteiger partial charge is 0.161 e. The molecule has 0 saturated carbocycles. The van der Waals surface area contributed by atoms with E-state index < -0.39 is 0 Å². The first kappa shape index (κ1) is 14.8. The minimum atomic E-state index is 0. The summed E-state index contributed by atoms with van der Waals surface area (Å²) in [4.78, 5) is 10.2. The number of carbonyl (C=O) groups is 1. The maximum atomic E-state index is 10.2. The van der Waals surface area contributed by atoms with Crippen molar-refractivity contribution in [1.82, 2.24) is 0 Å². The lowest BCUT2D eigenvalue weighted by Crippen LogP contribution is -1.85. The van der Waals surface area contributed by atoms with Gasteiger partial charge >= 0.3 is 0 Å². The van der Waals surface area contributed by atoms with Crippen molar-refractivity contribution in [3.05, 3.63) is 23.8 Å². The molecule has 0 radical (unpaired) electrons. The van der Waals surface area contributed by atoms with Gasteiger partial charge < -0.3 is 9.84 Å². The fraction of sp³-hybridized carbons (Fsp3) is 0.125. The second kappa shape index (κ2) is 6.75. The van der Waals surface area contributed by atoms with E-state index in [-0.39, 0.29) is 29.1 Å². The molecule has 0 spiro atoms. The molecule has 5 heteroatoms. The highest BCUT2D eigenvalue weighted by atomic mass is 32.1. The van der Waals surface area contributed by atoms with Crippen LogP contribution in [0.2, 0.25) is 0 Å². The summed E-state index contributed by atoms with van der Waals surface area (Å²) >= 11 is 0. The van der Waals surface area contributed by atoms with Gasteiger partial charge in [0.1, 0.15) is 6.29 Å². The summed E-state index contributed by atoms with van der Waals surface area (Å²) in [5.74, 6) is 0.354. The summed E-state index contributed by atoms with van der Waals surface area (Å²) in [6.45, 7) is 0. The molecule has 0 fully saturated rings. The zero-order valence-corrected chi connectivity index (χ0v) is 9.69. The van der Waals surface area contributed by atoms with E-state index in [1.807, 2.05) is 0 Å². The van der Waals surface area contributed by atoms with Gasteiger partial charge in [-0.1, -0.05) is 0 Å². The number of benzene rings is 1. The van der Waals surface area contributed by atoms with Crippen molar-refractivity contribution in [2.24, 2.45) is 0 Å². The molecule has 1 aromatic rings. The Morgan fingerprint density at radius 2 is 2.08 bits per heavy atom. The van der Waals surface area contributed by atoms with Crippen LogP contribution in [0.1, 0.15) is 10.4 Å². The van der Waals surface area contributed by atoms with Gasteiger partial charge in [-0.05, 0) is 18.2 Å². The Hall–Kier alpha value is -0.730. The van der Waals surface area contributed by atoms with Crippen LogP contribution in [0.5, 0.6) is 11.5 Å². The number of phenolic OH excluding ortho intramolecular Hbond substituents is 1. The SMILES string of the molecule is COc1cc(C=O)ccc1O.P.S. The highest BCUT2D eigenvalue weighted by molar-refractivity contribution is 7.59. The van der Waals surface area contributed by atoms with Crippen LogP contribution in [0.25, 0.3) is 0 Å². The first-order chi connectivity index (χ1) is 5.27. The average molecular weight is 220 g/mol.